The van der Waals surface area contributed by atoms with Crippen molar-refractivity contribution in [2.75, 3.05) is 26.3 Å². The van der Waals surface area contributed by atoms with Crippen molar-refractivity contribution >= 4 is 32.8 Å². The Labute approximate surface area is 173 Å². The van der Waals surface area contributed by atoms with Gasteiger partial charge in [-0.3, -0.25) is 0 Å². The Morgan fingerprint density at radius 2 is 2.03 bits per heavy atom. The Balaban J connectivity index is 1.64. The molecule has 0 aliphatic carbocycles. The fourth-order valence-corrected chi connectivity index (χ4v) is 5.67. The van der Waals surface area contributed by atoms with Crippen LogP contribution in [0.5, 0.6) is 0 Å². The van der Waals surface area contributed by atoms with Crippen LogP contribution in [0.25, 0.3) is 11.0 Å². The van der Waals surface area contributed by atoms with E-state index in [1.165, 1.54) is 22.3 Å². The number of benzene rings is 1. The van der Waals surface area contributed by atoms with Crippen molar-refractivity contribution in [3.05, 3.63) is 53.6 Å². The SMILES string of the molecule is CCn1c(CSc2cccc[n+]2[O-])nc2cc(S(=O)(=O)N3CCOCC3)ccc21. The molecule has 10 heteroatoms. The van der Waals surface area contributed by atoms with E-state index in [-0.39, 0.29) is 4.90 Å². The molecule has 1 fully saturated rings. The third-order valence-electron chi connectivity index (χ3n) is 4.86. The van der Waals surface area contributed by atoms with Crippen molar-refractivity contribution in [1.82, 2.24) is 13.9 Å². The molecule has 29 heavy (non-hydrogen) atoms. The fraction of sp³-hybridized carbons (Fsp3) is 0.368. The van der Waals surface area contributed by atoms with E-state index in [2.05, 4.69) is 4.98 Å². The van der Waals surface area contributed by atoms with E-state index in [0.717, 1.165) is 16.1 Å². The van der Waals surface area contributed by atoms with E-state index >= 15 is 0 Å². The first-order chi connectivity index (χ1) is 14.0. The van der Waals surface area contributed by atoms with Gasteiger partial charge in [-0.1, -0.05) is 0 Å². The molecule has 0 spiro atoms. The zero-order chi connectivity index (χ0) is 20.4. The molecule has 4 rings (SSSR count). The van der Waals surface area contributed by atoms with Crippen molar-refractivity contribution < 1.29 is 17.9 Å². The highest BCUT2D eigenvalue weighted by Crippen LogP contribution is 2.26. The summed E-state index contributed by atoms with van der Waals surface area (Å²) in [5.41, 5.74) is 1.52. The van der Waals surface area contributed by atoms with Crippen LogP contribution in [0.3, 0.4) is 0 Å². The molecule has 0 saturated carbocycles. The van der Waals surface area contributed by atoms with Crippen molar-refractivity contribution in [3.63, 3.8) is 0 Å². The summed E-state index contributed by atoms with van der Waals surface area (Å²) < 4.78 is 35.5. The van der Waals surface area contributed by atoms with Gasteiger partial charge in [0.05, 0.1) is 34.9 Å². The number of morpholine rings is 1. The standard InChI is InChI=1S/C19H22N4O4S2/c1-2-22-17-7-6-15(29(25,26)21-9-11-27-12-10-21)13-16(17)20-18(22)14-28-19-5-3-4-8-23(19)24/h3-8,13H,2,9-12,14H2,1H3. The summed E-state index contributed by atoms with van der Waals surface area (Å²) in [7, 11) is -3.57. The van der Waals surface area contributed by atoms with Gasteiger partial charge in [-0.15, -0.1) is 0 Å². The van der Waals surface area contributed by atoms with E-state index in [4.69, 9.17) is 4.74 Å². The number of rotatable bonds is 6. The van der Waals surface area contributed by atoms with Crippen LogP contribution in [-0.2, 0) is 27.1 Å². The highest BCUT2D eigenvalue weighted by atomic mass is 32.2. The number of hydrogen-bond acceptors (Lipinski definition) is 6. The fourth-order valence-electron chi connectivity index (χ4n) is 3.38. The monoisotopic (exact) mass is 434 g/mol. The lowest BCUT2D eigenvalue weighted by Gasteiger charge is -2.26. The van der Waals surface area contributed by atoms with E-state index in [9.17, 15) is 13.6 Å². The molecular formula is C19H22N4O4S2. The normalized spacial score (nSPS) is 15.8. The number of thioether (sulfide) groups is 1. The number of pyridine rings is 1. The summed E-state index contributed by atoms with van der Waals surface area (Å²) in [5, 5.41) is 12.5. The number of nitrogens with zero attached hydrogens (tertiary/aromatic N) is 4. The molecule has 0 unspecified atom stereocenters. The molecule has 3 aromatic rings. The Morgan fingerprint density at radius 1 is 1.24 bits per heavy atom. The lowest BCUT2D eigenvalue weighted by Crippen LogP contribution is -2.40. The van der Waals surface area contributed by atoms with Gasteiger partial charge in [0.2, 0.25) is 10.0 Å². The number of aryl methyl sites for hydroxylation is 1. The second-order valence-corrected chi connectivity index (χ2v) is 9.53. The zero-order valence-electron chi connectivity index (χ0n) is 16.0. The van der Waals surface area contributed by atoms with Crippen molar-refractivity contribution in [3.8, 4) is 0 Å². The minimum atomic E-state index is -3.57. The zero-order valence-corrected chi connectivity index (χ0v) is 17.7. The molecule has 1 aromatic carbocycles. The summed E-state index contributed by atoms with van der Waals surface area (Å²) in [6.07, 6.45) is 1.47. The predicted molar refractivity (Wildman–Crippen MR) is 110 cm³/mol. The van der Waals surface area contributed by atoms with Gasteiger partial charge < -0.3 is 14.5 Å². The van der Waals surface area contributed by atoms with Gasteiger partial charge in [0, 0.05) is 31.8 Å². The van der Waals surface area contributed by atoms with Crippen LogP contribution in [0.15, 0.2) is 52.5 Å². The average molecular weight is 435 g/mol. The summed E-state index contributed by atoms with van der Waals surface area (Å²) in [6.45, 7) is 4.26. The second kappa shape index (κ2) is 8.31. The average Bonchev–Trinajstić information content (AvgIpc) is 3.10. The number of sulfonamides is 1. The first-order valence-corrected chi connectivity index (χ1v) is 11.8. The number of fused-ring (bicyclic) bond motifs is 1. The molecular weight excluding hydrogens is 412 g/mol. The number of aromatic nitrogens is 3. The van der Waals surface area contributed by atoms with Crippen LogP contribution in [0.2, 0.25) is 0 Å². The van der Waals surface area contributed by atoms with Crippen LogP contribution in [0.4, 0.5) is 0 Å². The predicted octanol–water partition coefficient (Wildman–Crippen LogP) is 2.00. The summed E-state index contributed by atoms with van der Waals surface area (Å²) in [5.74, 6) is 1.32. The molecule has 0 N–H and O–H groups in total. The van der Waals surface area contributed by atoms with Gasteiger partial charge in [0.15, 0.2) is 6.20 Å². The Hall–Kier alpha value is -2.14. The van der Waals surface area contributed by atoms with Crippen LogP contribution in [-0.4, -0.2) is 48.6 Å². The summed E-state index contributed by atoms with van der Waals surface area (Å²) >= 11 is 1.40. The highest BCUT2D eigenvalue weighted by molar-refractivity contribution is 7.98. The van der Waals surface area contributed by atoms with E-state index in [1.807, 2.05) is 23.6 Å². The maximum absolute atomic E-state index is 12.9. The minimum Gasteiger partial charge on any atom is -0.618 e. The second-order valence-electron chi connectivity index (χ2n) is 6.59. The maximum Gasteiger partial charge on any atom is 0.251 e. The minimum absolute atomic E-state index is 0.243. The summed E-state index contributed by atoms with van der Waals surface area (Å²) in [6, 6.07) is 10.4. The van der Waals surface area contributed by atoms with Crippen LogP contribution >= 0.6 is 11.8 Å². The van der Waals surface area contributed by atoms with Crippen molar-refractivity contribution in [2.45, 2.75) is 29.1 Å². The topological polar surface area (TPSA) is 91.4 Å². The molecule has 2 aromatic heterocycles. The number of imidazole rings is 1. The van der Waals surface area contributed by atoms with Gasteiger partial charge in [-0.25, -0.2) is 13.4 Å². The summed E-state index contributed by atoms with van der Waals surface area (Å²) in [4.78, 5) is 4.91. The molecule has 154 valence electrons. The molecule has 3 heterocycles. The quantitative estimate of drug-likeness (QED) is 0.335. The van der Waals surface area contributed by atoms with E-state index < -0.39 is 10.0 Å². The molecule has 8 nitrogen and oxygen atoms in total. The number of hydrogen-bond donors (Lipinski definition) is 0. The molecule has 1 aliphatic heterocycles. The van der Waals surface area contributed by atoms with Gasteiger partial charge in [0.1, 0.15) is 5.82 Å². The van der Waals surface area contributed by atoms with Gasteiger partial charge in [0.25, 0.3) is 5.03 Å². The molecule has 0 bridgehead atoms. The maximum atomic E-state index is 12.9. The largest absolute Gasteiger partial charge is 0.618 e. The third kappa shape index (κ3) is 3.97. The van der Waals surface area contributed by atoms with Gasteiger partial charge in [-0.05, 0) is 43.0 Å². The molecule has 1 aliphatic rings. The molecule has 0 atom stereocenters. The van der Waals surface area contributed by atoms with Crippen molar-refractivity contribution in [2.24, 2.45) is 0 Å². The van der Waals surface area contributed by atoms with E-state index in [0.29, 0.717) is 49.1 Å². The van der Waals surface area contributed by atoms with Crippen molar-refractivity contribution in [1.29, 1.82) is 0 Å². The smallest absolute Gasteiger partial charge is 0.251 e. The number of ether oxygens (including phenoxy) is 1. The van der Waals surface area contributed by atoms with Crippen LogP contribution in [0, 0.1) is 5.21 Å². The molecule has 0 amide bonds. The Morgan fingerprint density at radius 3 is 2.76 bits per heavy atom. The van der Waals surface area contributed by atoms with E-state index in [1.54, 1.807) is 24.3 Å². The van der Waals surface area contributed by atoms with Gasteiger partial charge in [-0.2, -0.15) is 9.04 Å². The third-order valence-corrected chi connectivity index (χ3v) is 7.77. The molecule has 1 saturated heterocycles. The lowest BCUT2D eigenvalue weighted by molar-refractivity contribution is -0.645. The Bertz CT molecular complexity index is 1120. The van der Waals surface area contributed by atoms with Crippen LogP contribution in [0.1, 0.15) is 12.7 Å². The molecule has 0 radical (unpaired) electrons. The Kier molecular flexibility index (Phi) is 5.77. The van der Waals surface area contributed by atoms with Crippen LogP contribution < -0.4 is 4.73 Å². The van der Waals surface area contributed by atoms with Gasteiger partial charge >= 0.3 is 0 Å². The first-order valence-electron chi connectivity index (χ1n) is 9.39. The highest BCUT2D eigenvalue weighted by Gasteiger charge is 2.27. The lowest BCUT2D eigenvalue weighted by atomic mass is 10.3. The first kappa shape index (κ1) is 20.1.